The van der Waals surface area contributed by atoms with E-state index in [1.165, 1.54) is 32.6 Å². The highest BCUT2D eigenvalue weighted by atomic mass is 16.7. The number of aromatic nitrogens is 1. The molecule has 1 aromatic heterocycles. The molecular formula is C30H25NO10. The van der Waals surface area contributed by atoms with Crippen molar-refractivity contribution in [2.45, 2.75) is 13.0 Å². The summed E-state index contributed by atoms with van der Waals surface area (Å²) in [6.07, 6.45) is 2.88. The fraction of sp³-hybridized carbons (Fsp3) is 0.167. The number of carboxylic acids is 2. The molecule has 0 atom stereocenters. The fourth-order valence-corrected chi connectivity index (χ4v) is 4.38. The van der Waals surface area contributed by atoms with Gasteiger partial charge in [-0.3, -0.25) is 0 Å². The third-order valence-electron chi connectivity index (χ3n) is 6.42. The molecule has 0 amide bonds. The molecule has 0 saturated heterocycles. The number of aliphatic carboxylic acids is 1. The Labute approximate surface area is 234 Å². The molecule has 0 unspecified atom stereocenters. The van der Waals surface area contributed by atoms with Crippen molar-refractivity contribution in [3.05, 3.63) is 88.6 Å². The van der Waals surface area contributed by atoms with Gasteiger partial charge in [-0.2, -0.15) is 0 Å². The Bertz CT molecular complexity index is 1640. The first-order chi connectivity index (χ1) is 19.9. The lowest BCUT2D eigenvalue weighted by molar-refractivity contribution is -0.132. The maximum Gasteiger partial charge on any atom is 0.336 e. The highest BCUT2D eigenvalue weighted by molar-refractivity contribution is 5.94. The molecule has 210 valence electrons. The highest BCUT2D eigenvalue weighted by Crippen LogP contribution is 2.40. The summed E-state index contributed by atoms with van der Waals surface area (Å²) < 4.78 is 33.2. The number of hydrogen-bond donors (Lipinski definition) is 2. The lowest BCUT2D eigenvalue weighted by atomic mass is 10.00. The zero-order valence-corrected chi connectivity index (χ0v) is 22.1. The van der Waals surface area contributed by atoms with E-state index in [4.69, 9.17) is 28.2 Å². The summed E-state index contributed by atoms with van der Waals surface area (Å²) in [5.74, 6) is 0.334. The molecule has 0 saturated carbocycles. The van der Waals surface area contributed by atoms with Gasteiger partial charge in [0.2, 0.25) is 6.79 Å². The van der Waals surface area contributed by atoms with Crippen LogP contribution < -0.4 is 23.7 Å². The molecule has 4 aromatic rings. The zero-order chi connectivity index (χ0) is 28.9. The second-order valence-electron chi connectivity index (χ2n) is 8.89. The van der Waals surface area contributed by atoms with Crippen LogP contribution in [0, 0.1) is 0 Å². The minimum atomic E-state index is -1.15. The van der Waals surface area contributed by atoms with Gasteiger partial charge in [0.05, 0.1) is 31.5 Å². The number of methoxy groups -OCH3 is 2. The molecule has 0 radical (unpaired) electrons. The van der Waals surface area contributed by atoms with Crippen LogP contribution in [-0.4, -0.2) is 48.3 Å². The van der Waals surface area contributed by atoms with Gasteiger partial charge in [-0.1, -0.05) is 23.4 Å². The largest absolute Gasteiger partial charge is 0.497 e. The van der Waals surface area contributed by atoms with Crippen molar-refractivity contribution in [2.24, 2.45) is 0 Å². The van der Waals surface area contributed by atoms with Crippen LogP contribution in [0.25, 0.3) is 17.4 Å². The monoisotopic (exact) mass is 559 g/mol. The normalized spacial score (nSPS) is 12.2. The van der Waals surface area contributed by atoms with Crippen LogP contribution in [-0.2, 0) is 17.8 Å². The first-order valence-electron chi connectivity index (χ1n) is 12.4. The molecule has 5 rings (SSSR count). The minimum Gasteiger partial charge on any atom is -0.497 e. The molecule has 41 heavy (non-hydrogen) atoms. The predicted molar refractivity (Wildman–Crippen MR) is 145 cm³/mol. The number of ether oxygens (including phenoxy) is 5. The number of carbonyl (C=O) groups is 2. The molecule has 2 heterocycles. The SMILES string of the molecule is COc1ccc(-c2oncc2/C=C(/Cc2cc3c(cc2OC)OCO3)C(=O)O)c(OCc2ccccc2C(=O)O)c1. The summed E-state index contributed by atoms with van der Waals surface area (Å²) in [5, 5.41) is 23.5. The van der Waals surface area contributed by atoms with Crippen molar-refractivity contribution in [3.63, 3.8) is 0 Å². The van der Waals surface area contributed by atoms with Crippen LogP contribution in [0.3, 0.4) is 0 Å². The quantitative estimate of drug-likeness (QED) is 0.237. The Morgan fingerprint density at radius 3 is 2.46 bits per heavy atom. The summed E-state index contributed by atoms with van der Waals surface area (Å²) in [4.78, 5) is 23.9. The summed E-state index contributed by atoms with van der Waals surface area (Å²) in [6.45, 7) is 0.0218. The van der Waals surface area contributed by atoms with Gasteiger partial charge in [-0.05, 0) is 30.3 Å². The Morgan fingerprint density at radius 2 is 1.73 bits per heavy atom. The number of nitrogens with zero attached hydrogens (tertiary/aromatic N) is 1. The van der Waals surface area contributed by atoms with Gasteiger partial charge in [-0.25, -0.2) is 9.59 Å². The predicted octanol–water partition coefficient (Wildman–Crippen LogP) is 5.08. The maximum atomic E-state index is 12.3. The summed E-state index contributed by atoms with van der Waals surface area (Å²) in [7, 11) is 2.99. The van der Waals surface area contributed by atoms with Crippen molar-refractivity contribution in [3.8, 4) is 40.1 Å². The average molecular weight is 560 g/mol. The smallest absolute Gasteiger partial charge is 0.336 e. The van der Waals surface area contributed by atoms with Gasteiger partial charge in [0.25, 0.3) is 0 Å². The van der Waals surface area contributed by atoms with Crippen molar-refractivity contribution < 1.29 is 48.0 Å². The van der Waals surface area contributed by atoms with Crippen molar-refractivity contribution in [2.75, 3.05) is 21.0 Å². The van der Waals surface area contributed by atoms with E-state index in [1.54, 1.807) is 48.5 Å². The lowest BCUT2D eigenvalue weighted by Gasteiger charge is -2.13. The molecule has 0 fully saturated rings. The van der Waals surface area contributed by atoms with Crippen LogP contribution in [0.2, 0.25) is 0 Å². The van der Waals surface area contributed by atoms with Gasteiger partial charge in [0, 0.05) is 40.8 Å². The topological polar surface area (TPSA) is 147 Å². The third-order valence-corrected chi connectivity index (χ3v) is 6.42. The standard InChI is InChI=1S/C30H25NO10/c1-36-21-7-8-23(25(12-21)38-15-17-5-3-4-6-22(17)30(34)35)28-20(14-31-41-28)10-19(29(32)33)9-18-11-26-27(40-16-39-26)13-24(18)37-2/h3-8,10-14H,9,15-16H2,1-2H3,(H,32,33)(H,34,35)/b19-10-. The Hall–Kier alpha value is -5.45. The van der Waals surface area contributed by atoms with E-state index in [1.807, 2.05) is 0 Å². The van der Waals surface area contributed by atoms with Crippen LogP contribution >= 0.6 is 0 Å². The molecule has 11 nitrogen and oxygen atoms in total. The average Bonchev–Trinajstić information content (AvgIpc) is 3.64. The van der Waals surface area contributed by atoms with Gasteiger partial charge in [0.15, 0.2) is 17.3 Å². The van der Waals surface area contributed by atoms with Crippen LogP contribution in [0.4, 0.5) is 0 Å². The second kappa shape index (κ2) is 11.7. The lowest BCUT2D eigenvalue weighted by Crippen LogP contribution is -2.06. The molecule has 1 aliphatic rings. The molecule has 0 spiro atoms. The van der Waals surface area contributed by atoms with Crippen molar-refractivity contribution in [1.29, 1.82) is 0 Å². The van der Waals surface area contributed by atoms with Crippen LogP contribution in [0.15, 0.2) is 70.9 Å². The summed E-state index contributed by atoms with van der Waals surface area (Å²) in [5.41, 5.74) is 2.07. The molecule has 2 N–H and O–H groups in total. The van der Waals surface area contributed by atoms with E-state index in [9.17, 15) is 19.8 Å². The van der Waals surface area contributed by atoms with E-state index in [0.717, 1.165) is 0 Å². The summed E-state index contributed by atoms with van der Waals surface area (Å²) in [6, 6.07) is 14.9. The Kier molecular flexibility index (Phi) is 7.77. The first-order valence-corrected chi connectivity index (χ1v) is 12.4. The first kappa shape index (κ1) is 27.1. The third kappa shape index (κ3) is 5.78. The molecule has 0 bridgehead atoms. The summed E-state index contributed by atoms with van der Waals surface area (Å²) >= 11 is 0. The van der Waals surface area contributed by atoms with E-state index >= 15 is 0 Å². The van der Waals surface area contributed by atoms with E-state index in [-0.39, 0.29) is 36.7 Å². The van der Waals surface area contributed by atoms with Gasteiger partial charge in [0.1, 0.15) is 23.9 Å². The number of fused-ring (bicyclic) bond motifs is 1. The minimum absolute atomic E-state index is 0.0116. The Balaban J connectivity index is 1.49. The number of hydrogen-bond acceptors (Lipinski definition) is 9. The molecule has 11 heteroatoms. The van der Waals surface area contributed by atoms with Crippen molar-refractivity contribution in [1.82, 2.24) is 5.16 Å². The number of aromatic carboxylic acids is 1. The fourth-order valence-electron chi connectivity index (χ4n) is 4.38. The van der Waals surface area contributed by atoms with Gasteiger partial charge < -0.3 is 38.4 Å². The molecule has 3 aromatic carbocycles. The van der Waals surface area contributed by atoms with Crippen LogP contribution in [0.1, 0.15) is 27.0 Å². The molecule has 1 aliphatic heterocycles. The zero-order valence-electron chi connectivity index (χ0n) is 22.1. The molecule has 0 aliphatic carbocycles. The van der Waals surface area contributed by atoms with Gasteiger partial charge >= 0.3 is 11.9 Å². The van der Waals surface area contributed by atoms with Crippen LogP contribution in [0.5, 0.6) is 28.7 Å². The van der Waals surface area contributed by atoms with E-state index in [0.29, 0.717) is 51.0 Å². The van der Waals surface area contributed by atoms with E-state index in [2.05, 4.69) is 5.16 Å². The van der Waals surface area contributed by atoms with E-state index < -0.39 is 11.9 Å². The number of rotatable bonds is 11. The Morgan fingerprint density at radius 1 is 0.951 bits per heavy atom. The second-order valence-corrected chi connectivity index (χ2v) is 8.89. The maximum absolute atomic E-state index is 12.3. The van der Waals surface area contributed by atoms with Gasteiger partial charge in [-0.15, -0.1) is 0 Å². The molecular weight excluding hydrogens is 534 g/mol. The van der Waals surface area contributed by atoms with Crippen molar-refractivity contribution >= 4 is 18.0 Å². The highest BCUT2D eigenvalue weighted by Gasteiger charge is 2.22. The number of carboxylic acid groups (broad SMARTS) is 2. The number of benzene rings is 3.